The summed E-state index contributed by atoms with van der Waals surface area (Å²) in [5.74, 6) is 0.309. The monoisotopic (exact) mass is 285 g/mol. The zero-order valence-electron chi connectivity index (χ0n) is 11.7. The fourth-order valence-electron chi connectivity index (χ4n) is 2.45. The van der Waals surface area contributed by atoms with Gasteiger partial charge in [0, 0.05) is 23.7 Å². The van der Waals surface area contributed by atoms with Gasteiger partial charge in [0.1, 0.15) is 12.4 Å². The quantitative estimate of drug-likeness (QED) is 0.783. The summed E-state index contributed by atoms with van der Waals surface area (Å²) in [5, 5.41) is 10.7. The zero-order chi connectivity index (χ0) is 14.8. The number of para-hydroxylation sites is 2. The summed E-state index contributed by atoms with van der Waals surface area (Å²) < 4.78 is 21.0. The molecule has 1 heterocycles. The van der Waals surface area contributed by atoms with Crippen LogP contribution in [-0.2, 0) is 13.2 Å². The molecule has 21 heavy (non-hydrogen) atoms. The number of benzene rings is 2. The number of phenols is 1. The molecule has 3 aromatic rings. The van der Waals surface area contributed by atoms with Crippen LogP contribution in [0.25, 0.3) is 10.9 Å². The predicted molar refractivity (Wildman–Crippen MR) is 80.0 cm³/mol. The van der Waals surface area contributed by atoms with Crippen LogP contribution in [0.5, 0.6) is 11.5 Å². The van der Waals surface area contributed by atoms with Gasteiger partial charge in [-0.1, -0.05) is 12.1 Å². The maximum absolute atomic E-state index is 13.4. The number of phenolic OH excluding ortho intramolecular Hbond substituents is 1. The molecule has 1 aromatic heterocycles. The molecule has 0 bridgehead atoms. The Morgan fingerprint density at radius 1 is 1.19 bits per heavy atom. The zero-order valence-corrected chi connectivity index (χ0v) is 11.7. The van der Waals surface area contributed by atoms with Crippen molar-refractivity contribution in [2.45, 2.75) is 20.1 Å². The summed E-state index contributed by atoms with van der Waals surface area (Å²) in [6, 6.07) is 11.6. The lowest BCUT2D eigenvalue weighted by molar-refractivity contribution is 0.290. The van der Waals surface area contributed by atoms with Crippen LogP contribution >= 0.6 is 0 Å². The second-order valence-electron chi connectivity index (χ2n) is 4.86. The van der Waals surface area contributed by atoms with E-state index in [-0.39, 0.29) is 11.6 Å². The molecule has 0 fully saturated rings. The Hall–Kier alpha value is -2.49. The van der Waals surface area contributed by atoms with E-state index >= 15 is 0 Å². The van der Waals surface area contributed by atoms with Crippen LogP contribution in [0.1, 0.15) is 12.5 Å². The van der Waals surface area contributed by atoms with Crippen molar-refractivity contribution in [3.8, 4) is 11.5 Å². The number of nitrogens with zero attached hydrogens (tertiary/aromatic N) is 1. The summed E-state index contributed by atoms with van der Waals surface area (Å²) in [4.78, 5) is 0. The van der Waals surface area contributed by atoms with Crippen molar-refractivity contribution in [1.82, 2.24) is 4.57 Å². The second kappa shape index (κ2) is 5.48. The molecule has 2 aromatic carbocycles. The lowest BCUT2D eigenvalue weighted by Crippen LogP contribution is -1.95. The number of rotatable bonds is 4. The first-order chi connectivity index (χ1) is 10.2. The van der Waals surface area contributed by atoms with Crippen molar-refractivity contribution in [3.63, 3.8) is 0 Å². The van der Waals surface area contributed by atoms with E-state index in [2.05, 4.69) is 0 Å². The van der Waals surface area contributed by atoms with Crippen LogP contribution < -0.4 is 4.74 Å². The highest BCUT2D eigenvalue weighted by molar-refractivity contribution is 5.84. The van der Waals surface area contributed by atoms with E-state index in [0.29, 0.717) is 12.4 Å². The molecule has 0 saturated heterocycles. The van der Waals surface area contributed by atoms with Gasteiger partial charge in [-0.25, -0.2) is 4.39 Å². The van der Waals surface area contributed by atoms with Crippen molar-refractivity contribution < 1.29 is 14.2 Å². The number of halogens is 1. The predicted octanol–water partition coefficient (Wildman–Crippen LogP) is 4.08. The van der Waals surface area contributed by atoms with E-state index in [1.165, 1.54) is 12.1 Å². The van der Waals surface area contributed by atoms with E-state index < -0.39 is 0 Å². The molecule has 3 nitrogen and oxygen atoms in total. The number of hydrogen-bond acceptors (Lipinski definition) is 2. The molecule has 0 aliphatic rings. The third kappa shape index (κ3) is 2.57. The molecular formula is C17H16FNO2. The van der Waals surface area contributed by atoms with E-state index in [4.69, 9.17) is 4.74 Å². The molecule has 4 heteroatoms. The highest BCUT2D eigenvalue weighted by Crippen LogP contribution is 2.28. The molecule has 0 aliphatic carbocycles. The number of fused-ring (bicyclic) bond motifs is 1. The Bertz CT molecular complexity index is 780. The van der Waals surface area contributed by atoms with Crippen LogP contribution in [0, 0.1) is 5.82 Å². The average molecular weight is 285 g/mol. The molecule has 0 saturated carbocycles. The lowest BCUT2D eigenvalue weighted by atomic mass is 10.2. The topological polar surface area (TPSA) is 34.4 Å². The fraction of sp³-hybridized carbons (Fsp3) is 0.176. The van der Waals surface area contributed by atoms with Crippen molar-refractivity contribution in [2.75, 3.05) is 0 Å². The van der Waals surface area contributed by atoms with Gasteiger partial charge in [0.2, 0.25) is 0 Å². The maximum atomic E-state index is 13.4. The molecule has 3 rings (SSSR count). The van der Waals surface area contributed by atoms with Crippen LogP contribution in [0.15, 0.2) is 48.7 Å². The number of aryl methyl sites for hydroxylation is 1. The third-order valence-corrected chi connectivity index (χ3v) is 3.52. The number of aromatic nitrogens is 1. The molecule has 108 valence electrons. The van der Waals surface area contributed by atoms with Gasteiger partial charge in [-0.3, -0.25) is 0 Å². The first-order valence-corrected chi connectivity index (χ1v) is 6.87. The molecule has 0 unspecified atom stereocenters. The molecule has 0 atom stereocenters. The molecule has 0 radical (unpaired) electrons. The Balaban J connectivity index is 1.92. The average Bonchev–Trinajstić information content (AvgIpc) is 2.83. The normalized spacial score (nSPS) is 11.0. The molecule has 1 N–H and O–H groups in total. The van der Waals surface area contributed by atoms with Crippen LogP contribution in [0.2, 0.25) is 0 Å². The minimum atomic E-state index is -0.247. The molecule has 0 spiro atoms. The minimum Gasteiger partial charge on any atom is -0.504 e. The maximum Gasteiger partial charge on any atom is 0.161 e. The summed E-state index contributed by atoms with van der Waals surface area (Å²) in [5.41, 5.74) is 1.82. The lowest BCUT2D eigenvalue weighted by Gasteiger charge is -2.06. The van der Waals surface area contributed by atoms with Gasteiger partial charge in [0.25, 0.3) is 0 Å². The van der Waals surface area contributed by atoms with Gasteiger partial charge in [0.05, 0.1) is 5.52 Å². The third-order valence-electron chi connectivity index (χ3n) is 3.52. The SMILES string of the molecule is CCn1cc(COc2ccccc2O)c2ccc(F)cc21. The van der Waals surface area contributed by atoms with Crippen molar-refractivity contribution in [1.29, 1.82) is 0 Å². The van der Waals surface area contributed by atoms with Gasteiger partial charge in [0.15, 0.2) is 11.5 Å². The Labute approximate surface area is 122 Å². The second-order valence-corrected chi connectivity index (χ2v) is 4.86. The van der Waals surface area contributed by atoms with Crippen molar-refractivity contribution in [2.24, 2.45) is 0 Å². The van der Waals surface area contributed by atoms with Gasteiger partial charge in [-0.05, 0) is 37.3 Å². The van der Waals surface area contributed by atoms with Crippen LogP contribution in [0.4, 0.5) is 4.39 Å². The molecular weight excluding hydrogens is 269 g/mol. The van der Waals surface area contributed by atoms with Crippen molar-refractivity contribution in [3.05, 3.63) is 60.0 Å². The van der Waals surface area contributed by atoms with E-state index in [1.807, 2.05) is 17.7 Å². The minimum absolute atomic E-state index is 0.114. The summed E-state index contributed by atoms with van der Waals surface area (Å²) in [7, 11) is 0. The van der Waals surface area contributed by atoms with Gasteiger partial charge >= 0.3 is 0 Å². The highest BCUT2D eigenvalue weighted by Gasteiger charge is 2.10. The summed E-state index contributed by atoms with van der Waals surface area (Å²) >= 11 is 0. The van der Waals surface area contributed by atoms with E-state index in [0.717, 1.165) is 23.0 Å². The van der Waals surface area contributed by atoms with Gasteiger partial charge < -0.3 is 14.4 Å². The number of aromatic hydroxyl groups is 1. The first-order valence-electron chi connectivity index (χ1n) is 6.87. The smallest absolute Gasteiger partial charge is 0.161 e. The largest absolute Gasteiger partial charge is 0.504 e. The van der Waals surface area contributed by atoms with Gasteiger partial charge in [-0.15, -0.1) is 0 Å². The van der Waals surface area contributed by atoms with Crippen LogP contribution in [0.3, 0.4) is 0 Å². The van der Waals surface area contributed by atoms with Gasteiger partial charge in [-0.2, -0.15) is 0 Å². The van der Waals surface area contributed by atoms with Crippen LogP contribution in [-0.4, -0.2) is 9.67 Å². The van der Waals surface area contributed by atoms with E-state index in [9.17, 15) is 9.50 Å². The summed E-state index contributed by atoms with van der Waals surface area (Å²) in [6.07, 6.45) is 1.96. The first kappa shape index (κ1) is 13.5. The van der Waals surface area contributed by atoms with Crippen molar-refractivity contribution >= 4 is 10.9 Å². The van der Waals surface area contributed by atoms with E-state index in [1.54, 1.807) is 30.3 Å². The summed E-state index contributed by atoms with van der Waals surface area (Å²) in [6.45, 7) is 3.10. The fourth-order valence-corrected chi connectivity index (χ4v) is 2.45. The number of hydrogen-bond donors (Lipinski definition) is 1. The Morgan fingerprint density at radius 3 is 2.76 bits per heavy atom. The Morgan fingerprint density at radius 2 is 2.00 bits per heavy atom. The highest BCUT2D eigenvalue weighted by atomic mass is 19.1. The number of ether oxygens (including phenoxy) is 1. The Kier molecular flexibility index (Phi) is 3.52. The molecule has 0 amide bonds. The molecule has 0 aliphatic heterocycles. The standard InChI is InChI=1S/C17H16FNO2/c1-2-19-10-12(14-8-7-13(18)9-15(14)19)11-21-17-6-4-3-5-16(17)20/h3-10,20H,2,11H2,1H3.